The molecule has 0 aliphatic heterocycles. The van der Waals surface area contributed by atoms with Gasteiger partial charge in [0.05, 0.1) is 12.9 Å². The summed E-state index contributed by atoms with van der Waals surface area (Å²) in [6.45, 7) is 3.50. The second kappa shape index (κ2) is 25.9. The van der Waals surface area contributed by atoms with Crippen LogP contribution in [0.25, 0.3) is 0 Å². The maximum Gasteiger partial charge on any atom is 0.307 e. The van der Waals surface area contributed by atoms with Crippen molar-refractivity contribution >= 4 is 11.9 Å². The normalized spacial score (nSPS) is 11.2. The largest absolute Gasteiger partial charge is 0.466 e. The van der Waals surface area contributed by atoms with Crippen LogP contribution in [0.15, 0.2) is 12.3 Å². The van der Waals surface area contributed by atoms with E-state index >= 15 is 0 Å². The van der Waals surface area contributed by atoms with E-state index in [0.717, 1.165) is 12.8 Å². The highest BCUT2D eigenvalue weighted by Crippen LogP contribution is 2.15. The van der Waals surface area contributed by atoms with E-state index < -0.39 is 0 Å². The number of ether oxygens (including phenoxy) is 2. The van der Waals surface area contributed by atoms with Gasteiger partial charge in [-0.25, -0.2) is 0 Å². The Kier molecular flexibility index (Phi) is 24.9. The maximum absolute atomic E-state index is 10.7. The van der Waals surface area contributed by atoms with Crippen LogP contribution in [0.3, 0.4) is 0 Å². The highest BCUT2D eigenvalue weighted by atomic mass is 16.5. The third kappa shape index (κ3) is 28.7. The van der Waals surface area contributed by atoms with Crippen LogP contribution in [0.5, 0.6) is 0 Å². The molecule has 0 unspecified atom stereocenters. The lowest BCUT2D eigenvalue weighted by atomic mass is 10.0. The van der Waals surface area contributed by atoms with Gasteiger partial charge in [0.2, 0.25) is 0 Å². The minimum absolute atomic E-state index is 0.160. The number of esters is 2. The fourth-order valence-corrected chi connectivity index (χ4v) is 3.97. The highest BCUT2D eigenvalue weighted by molar-refractivity contribution is 5.66. The average Bonchev–Trinajstić information content (AvgIpc) is 2.75. The fraction of sp³-hybridized carbons (Fsp3) is 0.857. The topological polar surface area (TPSA) is 52.6 Å². The van der Waals surface area contributed by atoms with Crippen LogP contribution >= 0.6 is 0 Å². The molecule has 0 atom stereocenters. The summed E-state index contributed by atoms with van der Waals surface area (Å²) < 4.78 is 9.71. The lowest BCUT2D eigenvalue weighted by Crippen LogP contribution is -2.00. The molecule has 0 N–H and O–H groups in total. The van der Waals surface area contributed by atoms with Crippen LogP contribution in [0.2, 0.25) is 0 Å². The van der Waals surface area contributed by atoms with Crippen molar-refractivity contribution in [3.63, 3.8) is 0 Å². The molecule has 0 fully saturated rings. The summed E-state index contributed by atoms with van der Waals surface area (Å²) in [5, 5.41) is 0. The molecule has 0 aliphatic carbocycles. The van der Waals surface area contributed by atoms with Crippen molar-refractivity contribution in [1.29, 1.82) is 0 Å². The molecule has 4 heteroatoms. The molecule has 188 valence electrons. The number of hydrogen-bond donors (Lipinski definition) is 0. The Morgan fingerprint density at radius 3 is 1.19 bits per heavy atom. The molecule has 0 radical (unpaired) electrons. The molecule has 0 saturated carbocycles. The zero-order valence-electron chi connectivity index (χ0n) is 21.3. The third-order valence-electron chi connectivity index (χ3n) is 5.90. The van der Waals surface area contributed by atoms with E-state index in [1.165, 1.54) is 142 Å². The first-order valence-corrected chi connectivity index (χ1v) is 13.6. The van der Waals surface area contributed by atoms with E-state index in [9.17, 15) is 9.59 Å². The number of rotatable bonds is 24. The molecule has 0 aliphatic rings. The quantitative estimate of drug-likeness (QED) is 0.0833. The monoisotopic (exact) mass is 452 g/mol. The Morgan fingerprint density at radius 2 is 0.844 bits per heavy atom. The Bertz CT molecular complexity index is 445. The molecule has 0 heterocycles. The van der Waals surface area contributed by atoms with E-state index in [4.69, 9.17) is 9.47 Å². The van der Waals surface area contributed by atoms with Crippen LogP contribution in [0.1, 0.15) is 149 Å². The number of hydrogen-bond acceptors (Lipinski definition) is 4. The van der Waals surface area contributed by atoms with Crippen molar-refractivity contribution in [3.8, 4) is 0 Å². The summed E-state index contributed by atoms with van der Waals surface area (Å²) in [6.07, 6.45) is 31.3. The van der Waals surface area contributed by atoms with Crippen molar-refractivity contribution in [3.05, 3.63) is 12.3 Å². The molecule has 0 spiro atoms. The first-order chi connectivity index (χ1) is 15.6. The Labute approximate surface area is 198 Å². The first kappa shape index (κ1) is 30.7. The molecule has 0 aromatic carbocycles. The second-order valence-electron chi connectivity index (χ2n) is 9.18. The predicted octanol–water partition coefficient (Wildman–Crippen LogP) is 8.82. The molecule has 4 nitrogen and oxygen atoms in total. The summed E-state index contributed by atoms with van der Waals surface area (Å²) >= 11 is 0. The number of allylic oxidation sites excluding steroid dienone is 1. The zero-order chi connectivity index (χ0) is 23.5. The summed E-state index contributed by atoms with van der Waals surface area (Å²) in [4.78, 5) is 21.3. The SMILES string of the molecule is CC(=O)OC=CCCCCCCCCCCCCCCCCCCCCCCOC(C)=O. The Morgan fingerprint density at radius 1 is 0.500 bits per heavy atom. The van der Waals surface area contributed by atoms with Crippen molar-refractivity contribution in [2.75, 3.05) is 6.61 Å². The van der Waals surface area contributed by atoms with E-state index in [2.05, 4.69) is 0 Å². The van der Waals surface area contributed by atoms with Gasteiger partial charge in [0.25, 0.3) is 0 Å². The van der Waals surface area contributed by atoms with E-state index in [1.54, 1.807) is 0 Å². The van der Waals surface area contributed by atoms with E-state index in [0.29, 0.717) is 6.61 Å². The summed E-state index contributed by atoms with van der Waals surface area (Å²) in [5.41, 5.74) is 0. The highest BCUT2D eigenvalue weighted by Gasteiger charge is 1.96. The lowest BCUT2D eigenvalue weighted by Gasteiger charge is -2.04. The summed E-state index contributed by atoms with van der Waals surface area (Å²) in [5.74, 6) is -0.404. The van der Waals surface area contributed by atoms with Gasteiger partial charge in [0.1, 0.15) is 0 Å². The number of carbonyl (C=O) groups is 2. The van der Waals surface area contributed by atoms with Crippen LogP contribution in [0, 0.1) is 0 Å². The van der Waals surface area contributed by atoms with Crippen molar-refractivity contribution in [1.82, 2.24) is 0 Å². The van der Waals surface area contributed by atoms with Gasteiger partial charge in [-0.05, 0) is 25.3 Å². The molecule has 0 bridgehead atoms. The standard InChI is InChI=1S/C28H52O4/c1-27(29)31-25-23-21-19-17-15-13-11-9-7-5-3-4-6-8-10-12-14-16-18-20-22-24-26-32-28(2)30/h23,25H,3-22,24,26H2,1-2H3. The van der Waals surface area contributed by atoms with E-state index in [-0.39, 0.29) is 11.9 Å². The molecular formula is C28H52O4. The minimum atomic E-state index is -0.245. The van der Waals surface area contributed by atoms with Crippen LogP contribution < -0.4 is 0 Å². The van der Waals surface area contributed by atoms with Crippen LogP contribution in [-0.2, 0) is 19.1 Å². The van der Waals surface area contributed by atoms with Gasteiger partial charge in [-0.3, -0.25) is 9.59 Å². The van der Waals surface area contributed by atoms with Crippen LogP contribution in [0.4, 0.5) is 0 Å². The molecule has 0 saturated heterocycles. The van der Waals surface area contributed by atoms with E-state index in [1.807, 2.05) is 6.08 Å². The van der Waals surface area contributed by atoms with Crippen molar-refractivity contribution in [2.24, 2.45) is 0 Å². The predicted molar refractivity (Wildman–Crippen MR) is 134 cm³/mol. The molecule has 0 aromatic rings. The van der Waals surface area contributed by atoms with Crippen molar-refractivity contribution in [2.45, 2.75) is 149 Å². The number of carbonyl (C=O) groups excluding carboxylic acids is 2. The van der Waals surface area contributed by atoms with Gasteiger partial charge in [0.15, 0.2) is 0 Å². The third-order valence-corrected chi connectivity index (χ3v) is 5.90. The molecule has 0 rings (SSSR count). The maximum atomic E-state index is 10.7. The Hall–Kier alpha value is -1.32. The fourth-order valence-electron chi connectivity index (χ4n) is 3.97. The molecule has 32 heavy (non-hydrogen) atoms. The van der Waals surface area contributed by atoms with Crippen molar-refractivity contribution < 1.29 is 19.1 Å². The van der Waals surface area contributed by atoms with Gasteiger partial charge in [0, 0.05) is 13.8 Å². The van der Waals surface area contributed by atoms with Crippen LogP contribution in [-0.4, -0.2) is 18.5 Å². The number of unbranched alkanes of at least 4 members (excludes halogenated alkanes) is 20. The van der Waals surface area contributed by atoms with Gasteiger partial charge in [-0.2, -0.15) is 0 Å². The minimum Gasteiger partial charge on any atom is -0.466 e. The summed E-state index contributed by atoms with van der Waals surface area (Å²) in [6, 6.07) is 0. The van der Waals surface area contributed by atoms with Gasteiger partial charge < -0.3 is 9.47 Å². The molecule has 0 amide bonds. The second-order valence-corrected chi connectivity index (χ2v) is 9.18. The lowest BCUT2D eigenvalue weighted by molar-refractivity contribution is -0.141. The smallest absolute Gasteiger partial charge is 0.307 e. The van der Waals surface area contributed by atoms with Gasteiger partial charge in [-0.1, -0.05) is 116 Å². The molecular weight excluding hydrogens is 400 g/mol. The molecule has 0 aromatic heterocycles. The first-order valence-electron chi connectivity index (χ1n) is 13.6. The summed E-state index contributed by atoms with van der Waals surface area (Å²) in [7, 11) is 0. The van der Waals surface area contributed by atoms with Gasteiger partial charge >= 0.3 is 11.9 Å². The Balaban J connectivity index is 3.06. The van der Waals surface area contributed by atoms with Gasteiger partial charge in [-0.15, -0.1) is 0 Å². The zero-order valence-corrected chi connectivity index (χ0v) is 21.3. The average molecular weight is 453 g/mol.